The standard InChI is InChI=1S/C19H15FN8/c1-28(2)11-6-10(7-21-8-11)16-15(20)14-13(9-23-16)26-27-17(14)19-24-12-4-3-5-22-18(12)25-19/h3-9H,1-2H3,(H,26,27)(H,22,24,25). The van der Waals surface area contributed by atoms with Gasteiger partial charge in [0.1, 0.15) is 16.9 Å². The molecular formula is C19H15FN8. The number of nitrogens with zero attached hydrogens (tertiary/aromatic N) is 6. The number of hydrogen-bond acceptors (Lipinski definition) is 6. The van der Waals surface area contributed by atoms with E-state index in [1.807, 2.05) is 31.1 Å². The van der Waals surface area contributed by atoms with Gasteiger partial charge in [-0.2, -0.15) is 5.10 Å². The number of pyridine rings is 3. The van der Waals surface area contributed by atoms with Gasteiger partial charge in [-0.3, -0.25) is 15.1 Å². The molecule has 0 aliphatic carbocycles. The number of fused-ring (bicyclic) bond motifs is 2. The van der Waals surface area contributed by atoms with Gasteiger partial charge in [0.15, 0.2) is 17.3 Å². The van der Waals surface area contributed by atoms with Gasteiger partial charge in [-0.05, 0) is 18.2 Å². The molecule has 0 radical (unpaired) electrons. The van der Waals surface area contributed by atoms with Crippen molar-refractivity contribution in [1.82, 2.24) is 35.1 Å². The van der Waals surface area contributed by atoms with E-state index in [0.717, 1.165) is 5.69 Å². The fourth-order valence-corrected chi connectivity index (χ4v) is 3.11. The maximum absolute atomic E-state index is 15.5. The van der Waals surface area contributed by atoms with Crippen molar-refractivity contribution >= 4 is 27.8 Å². The third-order valence-corrected chi connectivity index (χ3v) is 4.54. The van der Waals surface area contributed by atoms with Crippen LogP contribution in [0.1, 0.15) is 0 Å². The van der Waals surface area contributed by atoms with E-state index in [9.17, 15) is 0 Å². The van der Waals surface area contributed by atoms with Crippen molar-refractivity contribution in [1.29, 1.82) is 0 Å². The number of rotatable bonds is 3. The number of nitrogens with one attached hydrogen (secondary N) is 2. The Morgan fingerprint density at radius 2 is 1.96 bits per heavy atom. The third-order valence-electron chi connectivity index (χ3n) is 4.54. The minimum Gasteiger partial charge on any atom is -0.376 e. The molecule has 28 heavy (non-hydrogen) atoms. The summed E-state index contributed by atoms with van der Waals surface area (Å²) in [5, 5.41) is 7.39. The maximum Gasteiger partial charge on any atom is 0.161 e. The fourth-order valence-electron chi connectivity index (χ4n) is 3.11. The Labute approximate surface area is 158 Å². The van der Waals surface area contributed by atoms with Gasteiger partial charge in [-0.15, -0.1) is 0 Å². The first-order chi connectivity index (χ1) is 13.6. The van der Waals surface area contributed by atoms with Gasteiger partial charge in [0.25, 0.3) is 0 Å². The molecule has 0 spiro atoms. The van der Waals surface area contributed by atoms with E-state index in [-0.39, 0.29) is 5.69 Å². The molecule has 8 nitrogen and oxygen atoms in total. The van der Waals surface area contributed by atoms with Crippen LogP contribution in [0.5, 0.6) is 0 Å². The first-order valence-electron chi connectivity index (χ1n) is 8.58. The zero-order chi connectivity index (χ0) is 19.3. The molecule has 2 N–H and O–H groups in total. The predicted molar refractivity (Wildman–Crippen MR) is 104 cm³/mol. The van der Waals surface area contributed by atoms with Crippen LogP contribution in [-0.2, 0) is 0 Å². The summed E-state index contributed by atoms with van der Waals surface area (Å²) < 4.78 is 15.5. The van der Waals surface area contributed by atoms with Crippen molar-refractivity contribution in [3.8, 4) is 22.8 Å². The summed E-state index contributed by atoms with van der Waals surface area (Å²) in [5.74, 6) is -0.0384. The van der Waals surface area contributed by atoms with E-state index in [0.29, 0.717) is 39.1 Å². The van der Waals surface area contributed by atoms with Crippen LogP contribution in [-0.4, -0.2) is 49.2 Å². The monoisotopic (exact) mass is 374 g/mol. The molecule has 5 aromatic rings. The molecular weight excluding hydrogens is 359 g/mol. The number of anilines is 1. The number of H-pyrrole nitrogens is 2. The van der Waals surface area contributed by atoms with Crippen LogP contribution in [0.15, 0.2) is 43.0 Å². The first-order valence-corrected chi connectivity index (χ1v) is 8.58. The van der Waals surface area contributed by atoms with Crippen LogP contribution >= 0.6 is 0 Å². The lowest BCUT2D eigenvalue weighted by Gasteiger charge is -2.13. The first kappa shape index (κ1) is 16.3. The highest BCUT2D eigenvalue weighted by Gasteiger charge is 2.20. The van der Waals surface area contributed by atoms with Crippen molar-refractivity contribution < 1.29 is 4.39 Å². The summed E-state index contributed by atoms with van der Waals surface area (Å²) in [6.07, 6.45) is 6.54. The predicted octanol–water partition coefficient (Wildman–Crippen LogP) is 3.16. The lowest BCUT2D eigenvalue weighted by Crippen LogP contribution is -2.09. The molecule has 0 aliphatic heterocycles. The molecule has 9 heteroatoms. The van der Waals surface area contributed by atoms with Crippen LogP contribution < -0.4 is 4.90 Å². The van der Waals surface area contributed by atoms with Gasteiger partial charge in [-0.25, -0.2) is 14.4 Å². The Hall–Kier alpha value is -3.88. The molecule has 0 amide bonds. The third kappa shape index (κ3) is 2.48. The zero-order valence-corrected chi connectivity index (χ0v) is 15.1. The number of halogens is 1. The van der Waals surface area contributed by atoms with Gasteiger partial charge in [-0.1, -0.05) is 0 Å². The summed E-state index contributed by atoms with van der Waals surface area (Å²) >= 11 is 0. The second-order valence-corrected chi connectivity index (χ2v) is 6.56. The van der Waals surface area contributed by atoms with E-state index in [1.165, 1.54) is 0 Å². The Morgan fingerprint density at radius 1 is 1.07 bits per heavy atom. The minimum atomic E-state index is -0.479. The molecule has 0 bridgehead atoms. The van der Waals surface area contributed by atoms with Crippen molar-refractivity contribution in [3.63, 3.8) is 0 Å². The highest BCUT2D eigenvalue weighted by Crippen LogP contribution is 2.32. The van der Waals surface area contributed by atoms with E-state index >= 15 is 4.39 Å². The fraction of sp³-hybridized carbons (Fsp3) is 0.105. The summed E-state index contributed by atoms with van der Waals surface area (Å²) in [6.45, 7) is 0. The summed E-state index contributed by atoms with van der Waals surface area (Å²) in [7, 11) is 3.80. The normalized spacial score (nSPS) is 11.4. The SMILES string of the molecule is CN(C)c1cncc(-c2ncc3[nH]nc(-c4nc5cccnc5[nH]4)c3c2F)c1. The van der Waals surface area contributed by atoms with Crippen molar-refractivity contribution in [2.75, 3.05) is 19.0 Å². The van der Waals surface area contributed by atoms with Gasteiger partial charge in [0.05, 0.1) is 29.0 Å². The molecule has 0 aliphatic rings. The Morgan fingerprint density at radius 3 is 2.79 bits per heavy atom. The highest BCUT2D eigenvalue weighted by molar-refractivity contribution is 5.95. The molecule has 0 atom stereocenters. The Bertz CT molecular complexity index is 1290. The van der Waals surface area contributed by atoms with Gasteiger partial charge in [0, 0.05) is 32.1 Å². The average Bonchev–Trinajstić information content (AvgIpc) is 3.32. The van der Waals surface area contributed by atoms with Crippen LogP contribution in [0.3, 0.4) is 0 Å². The number of aromatic amines is 2. The van der Waals surface area contributed by atoms with E-state index in [4.69, 9.17) is 0 Å². The molecule has 0 saturated heterocycles. The van der Waals surface area contributed by atoms with E-state index in [1.54, 1.807) is 30.9 Å². The second-order valence-electron chi connectivity index (χ2n) is 6.56. The number of hydrogen-bond donors (Lipinski definition) is 2. The quantitative estimate of drug-likeness (QED) is 0.503. The van der Waals surface area contributed by atoms with E-state index < -0.39 is 5.82 Å². The second kappa shape index (κ2) is 6.08. The summed E-state index contributed by atoms with van der Waals surface area (Å²) in [5.41, 5.74) is 3.82. The van der Waals surface area contributed by atoms with Crippen LogP contribution in [0.4, 0.5) is 10.1 Å². The molecule has 5 heterocycles. The summed E-state index contributed by atoms with van der Waals surface area (Å²) in [6, 6.07) is 5.47. The molecule has 0 fully saturated rings. The topological polar surface area (TPSA) is 99.3 Å². The lowest BCUT2D eigenvalue weighted by atomic mass is 10.1. The molecule has 0 saturated carbocycles. The molecule has 5 aromatic heterocycles. The lowest BCUT2D eigenvalue weighted by molar-refractivity contribution is 0.638. The van der Waals surface area contributed by atoms with Crippen LogP contribution in [0.2, 0.25) is 0 Å². The largest absolute Gasteiger partial charge is 0.376 e. The molecule has 5 rings (SSSR count). The van der Waals surface area contributed by atoms with Gasteiger partial charge in [0.2, 0.25) is 0 Å². The van der Waals surface area contributed by atoms with E-state index in [2.05, 4.69) is 35.1 Å². The molecule has 138 valence electrons. The van der Waals surface area contributed by atoms with Gasteiger partial charge < -0.3 is 9.88 Å². The molecule has 0 aromatic carbocycles. The Kier molecular flexibility index (Phi) is 3.54. The zero-order valence-electron chi connectivity index (χ0n) is 15.1. The Balaban J connectivity index is 1.71. The van der Waals surface area contributed by atoms with Crippen LogP contribution in [0.25, 0.3) is 44.8 Å². The van der Waals surface area contributed by atoms with Gasteiger partial charge >= 0.3 is 0 Å². The number of imidazole rings is 1. The molecule has 0 unspecified atom stereocenters. The highest BCUT2D eigenvalue weighted by atomic mass is 19.1. The maximum atomic E-state index is 15.5. The number of aromatic nitrogens is 7. The van der Waals surface area contributed by atoms with Crippen molar-refractivity contribution in [3.05, 3.63) is 48.8 Å². The summed E-state index contributed by atoms with van der Waals surface area (Å²) in [4.78, 5) is 22.2. The smallest absolute Gasteiger partial charge is 0.161 e. The van der Waals surface area contributed by atoms with Crippen molar-refractivity contribution in [2.45, 2.75) is 0 Å². The minimum absolute atomic E-state index is 0.209. The van der Waals surface area contributed by atoms with Crippen LogP contribution in [0, 0.1) is 5.82 Å². The van der Waals surface area contributed by atoms with Crippen molar-refractivity contribution in [2.24, 2.45) is 0 Å². The average molecular weight is 374 g/mol.